The minimum absolute atomic E-state index is 0.110. The Kier molecular flexibility index (Phi) is 46.5. The van der Waals surface area contributed by atoms with Crippen molar-refractivity contribution < 1.29 is 28.6 Å². The zero-order chi connectivity index (χ0) is 44.4. The van der Waals surface area contributed by atoms with Gasteiger partial charge in [-0.25, -0.2) is 0 Å². The fraction of sp³-hybridized carbons (Fsp3) is 0.691. The number of carbonyl (C=O) groups excluding carboxylic acids is 3. The van der Waals surface area contributed by atoms with Gasteiger partial charge in [0, 0.05) is 19.3 Å². The minimum atomic E-state index is -0.815. The fourth-order valence-electron chi connectivity index (χ4n) is 6.70. The summed E-state index contributed by atoms with van der Waals surface area (Å²) in [6, 6.07) is 0. The summed E-state index contributed by atoms with van der Waals surface area (Å²) in [5.41, 5.74) is 0. The summed E-state index contributed by atoms with van der Waals surface area (Å²) in [7, 11) is 0. The number of unbranched alkanes of at least 4 members (excludes halogenated alkanes) is 23. The maximum absolute atomic E-state index is 12.8. The summed E-state index contributed by atoms with van der Waals surface area (Å²) in [5.74, 6) is -1.01. The molecule has 0 amide bonds. The van der Waals surface area contributed by atoms with Crippen LogP contribution in [0.3, 0.4) is 0 Å². The first-order valence-corrected chi connectivity index (χ1v) is 25.2. The monoisotopic (exact) mass is 849 g/mol. The molecule has 1 unspecified atom stereocenters. The van der Waals surface area contributed by atoms with E-state index in [0.717, 1.165) is 77.0 Å². The van der Waals surface area contributed by atoms with E-state index >= 15 is 0 Å². The Hall–Kier alpha value is -3.41. The minimum Gasteiger partial charge on any atom is -0.462 e. The second-order valence-corrected chi connectivity index (χ2v) is 16.5. The molecule has 0 aliphatic heterocycles. The average Bonchev–Trinajstić information content (AvgIpc) is 3.26. The molecule has 6 nitrogen and oxygen atoms in total. The molecule has 0 aromatic carbocycles. The van der Waals surface area contributed by atoms with E-state index in [1.165, 1.54) is 103 Å². The molecule has 0 bridgehead atoms. The number of hydrogen-bond donors (Lipinski definition) is 0. The van der Waals surface area contributed by atoms with Gasteiger partial charge in [-0.05, 0) is 83.5 Å². The van der Waals surface area contributed by atoms with Crippen LogP contribution in [0.2, 0.25) is 0 Å². The third-order valence-corrected chi connectivity index (χ3v) is 10.5. The molecule has 0 aliphatic rings. The summed E-state index contributed by atoms with van der Waals surface area (Å²) in [4.78, 5) is 37.9. The van der Waals surface area contributed by atoms with Crippen molar-refractivity contribution in [3.8, 4) is 0 Å². The second-order valence-electron chi connectivity index (χ2n) is 16.5. The van der Waals surface area contributed by atoms with Crippen LogP contribution in [0.4, 0.5) is 0 Å². The molecule has 0 saturated heterocycles. The number of carbonyl (C=O) groups is 3. The summed E-state index contributed by atoms with van der Waals surface area (Å²) < 4.78 is 16.7. The van der Waals surface area contributed by atoms with Crippen molar-refractivity contribution in [1.29, 1.82) is 0 Å². The van der Waals surface area contributed by atoms with Gasteiger partial charge in [0.15, 0.2) is 6.10 Å². The third-order valence-electron chi connectivity index (χ3n) is 10.5. The summed E-state index contributed by atoms with van der Waals surface area (Å²) in [5, 5.41) is 0. The van der Waals surface area contributed by atoms with Gasteiger partial charge in [-0.1, -0.05) is 209 Å². The van der Waals surface area contributed by atoms with Crippen molar-refractivity contribution in [2.75, 3.05) is 13.2 Å². The molecular weight excluding hydrogens is 757 g/mol. The van der Waals surface area contributed by atoms with E-state index < -0.39 is 6.10 Å². The van der Waals surface area contributed by atoms with Crippen LogP contribution < -0.4 is 0 Å². The Labute approximate surface area is 375 Å². The Morgan fingerprint density at radius 3 is 1.11 bits per heavy atom. The highest BCUT2D eigenvalue weighted by molar-refractivity contribution is 5.71. The van der Waals surface area contributed by atoms with Crippen LogP contribution in [0.15, 0.2) is 85.1 Å². The van der Waals surface area contributed by atoms with Crippen molar-refractivity contribution in [2.45, 2.75) is 232 Å². The van der Waals surface area contributed by atoms with Gasteiger partial charge in [-0.2, -0.15) is 0 Å². The second kappa shape index (κ2) is 49.2. The van der Waals surface area contributed by atoms with Gasteiger partial charge in [0.2, 0.25) is 0 Å². The van der Waals surface area contributed by atoms with E-state index in [9.17, 15) is 14.4 Å². The SMILES string of the molecule is CC/C=C/C=C/C=C/C=C/C=C/CCCC(=O)OCC(COC(=O)CCCCCCC/C=C/CCCCCCCCC)OC(=O)CCCCC/C=C/CCCCCCCCC. The van der Waals surface area contributed by atoms with E-state index in [1.54, 1.807) is 0 Å². The number of rotatable bonds is 44. The molecule has 0 radical (unpaired) electrons. The first kappa shape index (κ1) is 57.6. The molecule has 1 atom stereocenters. The van der Waals surface area contributed by atoms with Crippen LogP contribution in [-0.2, 0) is 28.6 Å². The number of hydrogen-bond acceptors (Lipinski definition) is 6. The summed E-state index contributed by atoms with van der Waals surface area (Å²) in [6.07, 6.45) is 62.9. The molecule has 0 aliphatic carbocycles. The third kappa shape index (κ3) is 47.5. The molecule has 61 heavy (non-hydrogen) atoms. The molecule has 0 N–H and O–H groups in total. The predicted molar refractivity (Wildman–Crippen MR) is 261 cm³/mol. The lowest BCUT2D eigenvalue weighted by atomic mass is 10.1. The van der Waals surface area contributed by atoms with E-state index in [4.69, 9.17) is 14.2 Å². The maximum atomic E-state index is 12.8. The Morgan fingerprint density at radius 2 is 0.672 bits per heavy atom. The van der Waals surface area contributed by atoms with Gasteiger partial charge in [-0.3, -0.25) is 14.4 Å². The molecule has 0 spiro atoms. The van der Waals surface area contributed by atoms with Gasteiger partial charge >= 0.3 is 17.9 Å². The lowest BCUT2D eigenvalue weighted by Crippen LogP contribution is -2.30. The van der Waals surface area contributed by atoms with Crippen molar-refractivity contribution in [3.63, 3.8) is 0 Å². The van der Waals surface area contributed by atoms with Crippen LogP contribution in [0.1, 0.15) is 226 Å². The Bertz CT molecular complexity index is 1200. The van der Waals surface area contributed by atoms with Gasteiger partial charge < -0.3 is 14.2 Å². The first-order valence-electron chi connectivity index (χ1n) is 25.2. The van der Waals surface area contributed by atoms with E-state index in [2.05, 4.69) is 51.2 Å². The maximum Gasteiger partial charge on any atom is 0.306 e. The zero-order valence-electron chi connectivity index (χ0n) is 39.7. The molecule has 0 aromatic rings. The van der Waals surface area contributed by atoms with Crippen molar-refractivity contribution in [1.82, 2.24) is 0 Å². The van der Waals surface area contributed by atoms with Gasteiger partial charge in [-0.15, -0.1) is 0 Å². The topological polar surface area (TPSA) is 78.9 Å². The first-order chi connectivity index (χ1) is 30.0. The average molecular weight is 849 g/mol. The molecule has 6 heteroatoms. The highest BCUT2D eigenvalue weighted by Crippen LogP contribution is 2.13. The van der Waals surface area contributed by atoms with E-state index in [0.29, 0.717) is 19.3 Å². The summed E-state index contributed by atoms with van der Waals surface area (Å²) >= 11 is 0. The highest BCUT2D eigenvalue weighted by atomic mass is 16.6. The standard InChI is InChI=1S/C55H92O6/c1-4-7-10-13-16-19-22-25-27-28-31-33-36-39-42-45-48-54(57)60-51-52(50-59-53(56)47-44-41-38-35-32-29-24-21-18-15-12-9-6-3)61-55(58)49-46-43-40-37-34-30-26-23-20-17-14-11-8-5-2/h9,12,15,18,21,24,27-30,32,34-35,38,52H,4-8,10-11,13-14,16-17,19-20,22-23,25-26,31,33,36-37,39-51H2,1-3H3/b12-9+,18-15+,24-21+,28-27+,32-29+,34-30+,38-35+. The van der Waals surface area contributed by atoms with Crippen molar-refractivity contribution in [3.05, 3.63) is 85.1 Å². The fourth-order valence-corrected chi connectivity index (χ4v) is 6.70. The van der Waals surface area contributed by atoms with Crippen LogP contribution in [0.5, 0.6) is 0 Å². The molecular formula is C55H92O6. The molecule has 0 saturated carbocycles. The molecule has 0 heterocycles. The quantitative estimate of drug-likeness (QED) is 0.0200. The van der Waals surface area contributed by atoms with Crippen LogP contribution >= 0.6 is 0 Å². The highest BCUT2D eigenvalue weighted by Gasteiger charge is 2.19. The molecule has 0 fully saturated rings. The van der Waals surface area contributed by atoms with Gasteiger partial charge in [0.25, 0.3) is 0 Å². The van der Waals surface area contributed by atoms with Crippen LogP contribution in [0, 0.1) is 0 Å². The largest absolute Gasteiger partial charge is 0.462 e. The smallest absolute Gasteiger partial charge is 0.306 e. The summed E-state index contributed by atoms with van der Waals surface area (Å²) in [6.45, 7) is 6.39. The van der Waals surface area contributed by atoms with Gasteiger partial charge in [0.05, 0.1) is 0 Å². The Morgan fingerprint density at radius 1 is 0.344 bits per heavy atom. The molecule has 0 aromatic heterocycles. The normalized spacial score (nSPS) is 12.8. The van der Waals surface area contributed by atoms with Crippen molar-refractivity contribution in [2.24, 2.45) is 0 Å². The molecule has 348 valence electrons. The number of allylic oxidation sites excluding steroid dienone is 14. The Balaban J connectivity index is 4.51. The van der Waals surface area contributed by atoms with E-state index in [-0.39, 0.29) is 37.5 Å². The van der Waals surface area contributed by atoms with Gasteiger partial charge in [0.1, 0.15) is 13.2 Å². The lowest BCUT2D eigenvalue weighted by Gasteiger charge is -2.18. The zero-order valence-corrected chi connectivity index (χ0v) is 39.7. The lowest BCUT2D eigenvalue weighted by molar-refractivity contribution is -0.167. The number of ether oxygens (including phenoxy) is 3. The number of esters is 3. The van der Waals surface area contributed by atoms with E-state index in [1.807, 2.05) is 54.7 Å². The predicted octanol–water partition coefficient (Wildman–Crippen LogP) is 16.4. The molecule has 0 rings (SSSR count). The van der Waals surface area contributed by atoms with Crippen LogP contribution in [0.25, 0.3) is 0 Å². The van der Waals surface area contributed by atoms with Crippen LogP contribution in [-0.4, -0.2) is 37.2 Å². The van der Waals surface area contributed by atoms with Crippen molar-refractivity contribution >= 4 is 17.9 Å².